The Morgan fingerprint density at radius 1 is 1.09 bits per heavy atom. The smallest absolute Gasteiger partial charge is 0.170 e. The van der Waals surface area contributed by atoms with E-state index < -0.39 is 11.6 Å². The van der Waals surface area contributed by atoms with E-state index in [0.29, 0.717) is 10.8 Å². The lowest BCUT2D eigenvalue weighted by atomic mass is 10.1. The number of thiocarbonyl (C=S) groups is 1. The number of rotatable bonds is 5. The maximum Gasteiger partial charge on any atom is 0.170 e. The van der Waals surface area contributed by atoms with Crippen molar-refractivity contribution in [2.24, 2.45) is 0 Å². The quantitative estimate of drug-likeness (QED) is 0.805. The molecule has 0 radical (unpaired) electrons. The highest BCUT2D eigenvalue weighted by Gasteiger charge is 2.07. The van der Waals surface area contributed by atoms with Crippen molar-refractivity contribution >= 4 is 23.0 Å². The third-order valence-corrected chi connectivity index (χ3v) is 3.48. The molecule has 1 atom stereocenters. The first kappa shape index (κ1) is 16.4. The first-order chi connectivity index (χ1) is 10.5. The third-order valence-electron chi connectivity index (χ3n) is 3.26. The minimum absolute atomic E-state index is 0.172. The molecule has 5 heteroatoms. The van der Waals surface area contributed by atoms with E-state index in [1.54, 1.807) is 0 Å². The van der Waals surface area contributed by atoms with Crippen molar-refractivity contribution in [1.82, 2.24) is 5.32 Å². The van der Waals surface area contributed by atoms with E-state index in [1.165, 1.54) is 11.6 Å². The van der Waals surface area contributed by atoms with Crippen LogP contribution in [0.25, 0.3) is 0 Å². The van der Waals surface area contributed by atoms with E-state index in [9.17, 15) is 8.78 Å². The van der Waals surface area contributed by atoms with E-state index in [4.69, 9.17) is 12.2 Å². The summed E-state index contributed by atoms with van der Waals surface area (Å²) in [6.07, 6.45) is 1.87. The lowest BCUT2D eigenvalue weighted by Gasteiger charge is -2.17. The Balaban J connectivity index is 1.79. The van der Waals surface area contributed by atoms with Gasteiger partial charge in [0.25, 0.3) is 0 Å². The van der Waals surface area contributed by atoms with Crippen LogP contribution in [0.15, 0.2) is 48.5 Å². The van der Waals surface area contributed by atoms with Crippen molar-refractivity contribution in [3.05, 3.63) is 65.7 Å². The van der Waals surface area contributed by atoms with Crippen molar-refractivity contribution in [2.75, 3.05) is 5.32 Å². The molecule has 0 heterocycles. The lowest BCUT2D eigenvalue weighted by Crippen LogP contribution is -2.36. The van der Waals surface area contributed by atoms with Gasteiger partial charge in [0.2, 0.25) is 0 Å². The maximum absolute atomic E-state index is 13.1. The van der Waals surface area contributed by atoms with Crippen molar-refractivity contribution in [2.45, 2.75) is 25.8 Å². The zero-order chi connectivity index (χ0) is 15.9. The molecule has 0 saturated heterocycles. The van der Waals surface area contributed by atoms with E-state index in [-0.39, 0.29) is 6.04 Å². The first-order valence-electron chi connectivity index (χ1n) is 7.11. The van der Waals surface area contributed by atoms with Gasteiger partial charge in [0, 0.05) is 17.8 Å². The van der Waals surface area contributed by atoms with Gasteiger partial charge in [-0.15, -0.1) is 0 Å². The van der Waals surface area contributed by atoms with Gasteiger partial charge in [0.1, 0.15) is 0 Å². The monoisotopic (exact) mass is 320 g/mol. The Labute approximate surface area is 134 Å². The van der Waals surface area contributed by atoms with Crippen LogP contribution in [-0.4, -0.2) is 11.2 Å². The van der Waals surface area contributed by atoms with Crippen LogP contribution < -0.4 is 10.6 Å². The number of benzene rings is 2. The van der Waals surface area contributed by atoms with Crippen LogP contribution in [0, 0.1) is 11.6 Å². The molecule has 2 nitrogen and oxygen atoms in total. The van der Waals surface area contributed by atoms with Crippen LogP contribution in [-0.2, 0) is 6.42 Å². The maximum atomic E-state index is 13.1. The molecule has 0 aliphatic heterocycles. The predicted molar refractivity (Wildman–Crippen MR) is 89.9 cm³/mol. The summed E-state index contributed by atoms with van der Waals surface area (Å²) >= 11 is 5.18. The Hall–Kier alpha value is -2.01. The summed E-state index contributed by atoms with van der Waals surface area (Å²) in [7, 11) is 0. The topological polar surface area (TPSA) is 24.1 Å². The number of hydrogen-bond donors (Lipinski definition) is 2. The van der Waals surface area contributed by atoms with E-state index in [0.717, 1.165) is 25.0 Å². The molecule has 0 aliphatic rings. The molecule has 2 aromatic rings. The molecule has 116 valence electrons. The fraction of sp³-hybridized carbons (Fsp3) is 0.235. The highest BCUT2D eigenvalue weighted by atomic mass is 32.1. The molecule has 22 heavy (non-hydrogen) atoms. The van der Waals surface area contributed by atoms with Gasteiger partial charge in [-0.3, -0.25) is 0 Å². The summed E-state index contributed by atoms with van der Waals surface area (Å²) in [4.78, 5) is 0. The molecule has 2 rings (SSSR count). The second-order valence-corrected chi connectivity index (χ2v) is 5.56. The second kappa shape index (κ2) is 7.84. The van der Waals surface area contributed by atoms with Crippen LogP contribution in [0.1, 0.15) is 18.9 Å². The molecule has 0 fully saturated rings. The number of aryl methyl sites for hydroxylation is 1. The minimum Gasteiger partial charge on any atom is -0.360 e. The van der Waals surface area contributed by atoms with Crippen LogP contribution in [0.4, 0.5) is 14.5 Å². The Morgan fingerprint density at radius 2 is 1.82 bits per heavy atom. The van der Waals surface area contributed by atoms with Gasteiger partial charge in [-0.05, 0) is 49.7 Å². The summed E-state index contributed by atoms with van der Waals surface area (Å²) < 4.78 is 26.0. The predicted octanol–water partition coefficient (Wildman–Crippen LogP) is 4.27. The summed E-state index contributed by atoms with van der Waals surface area (Å²) in [5, 5.41) is 6.38. The SMILES string of the molecule is CC(CCc1ccccc1)NC(=S)Nc1ccc(F)c(F)c1. The van der Waals surface area contributed by atoms with E-state index >= 15 is 0 Å². The van der Waals surface area contributed by atoms with Crippen molar-refractivity contribution in [3.8, 4) is 0 Å². The zero-order valence-electron chi connectivity index (χ0n) is 12.3. The van der Waals surface area contributed by atoms with Crippen molar-refractivity contribution in [1.29, 1.82) is 0 Å². The largest absolute Gasteiger partial charge is 0.360 e. The lowest BCUT2D eigenvalue weighted by molar-refractivity contribution is 0.509. The van der Waals surface area contributed by atoms with Crippen LogP contribution in [0.2, 0.25) is 0 Å². The fourth-order valence-corrected chi connectivity index (χ4v) is 2.38. The molecular formula is C17H18F2N2S. The molecule has 0 amide bonds. The molecule has 2 N–H and O–H groups in total. The number of anilines is 1. The summed E-state index contributed by atoms with van der Waals surface area (Å²) in [5.41, 5.74) is 1.70. The molecular weight excluding hydrogens is 302 g/mol. The second-order valence-electron chi connectivity index (χ2n) is 5.15. The summed E-state index contributed by atoms with van der Waals surface area (Å²) in [6.45, 7) is 2.03. The molecule has 0 aromatic heterocycles. The molecule has 2 aromatic carbocycles. The zero-order valence-corrected chi connectivity index (χ0v) is 13.1. The van der Waals surface area contributed by atoms with Crippen LogP contribution in [0.5, 0.6) is 0 Å². The van der Waals surface area contributed by atoms with Crippen molar-refractivity contribution < 1.29 is 8.78 Å². The minimum atomic E-state index is -0.898. The van der Waals surface area contributed by atoms with E-state index in [1.807, 2.05) is 25.1 Å². The molecule has 0 bridgehead atoms. The molecule has 0 saturated carbocycles. The van der Waals surface area contributed by atoms with Crippen molar-refractivity contribution in [3.63, 3.8) is 0 Å². The standard InChI is InChI=1S/C17H18F2N2S/c1-12(7-8-13-5-3-2-4-6-13)20-17(22)21-14-9-10-15(18)16(19)11-14/h2-6,9-12H,7-8H2,1H3,(H2,20,21,22). The summed E-state index contributed by atoms with van der Waals surface area (Å²) in [6, 6.07) is 14.0. The van der Waals surface area contributed by atoms with Gasteiger partial charge in [-0.25, -0.2) is 8.78 Å². The average Bonchev–Trinajstić information content (AvgIpc) is 2.50. The van der Waals surface area contributed by atoms with E-state index in [2.05, 4.69) is 22.8 Å². The number of hydrogen-bond acceptors (Lipinski definition) is 1. The van der Waals surface area contributed by atoms with Gasteiger partial charge in [0.05, 0.1) is 0 Å². The van der Waals surface area contributed by atoms with Gasteiger partial charge in [0.15, 0.2) is 16.7 Å². The molecule has 1 unspecified atom stereocenters. The van der Waals surface area contributed by atoms with Gasteiger partial charge < -0.3 is 10.6 Å². The Morgan fingerprint density at radius 3 is 2.50 bits per heavy atom. The first-order valence-corrected chi connectivity index (χ1v) is 7.52. The molecule has 0 spiro atoms. The number of halogens is 2. The normalized spacial score (nSPS) is 11.8. The van der Waals surface area contributed by atoms with Crippen LogP contribution in [0.3, 0.4) is 0 Å². The average molecular weight is 320 g/mol. The van der Waals surface area contributed by atoms with Gasteiger partial charge in [-0.2, -0.15) is 0 Å². The Bertz CT molecular complexity index is 632. The highest BCUT2D eigenvalue weighted by Crippen LogP contribution is 2.13. The number of nitrogens with one attached hydrogen (secondary N) is 2. The fourth-order valence-electron chi connectivity index (χ4n) is 2.06. The molecule has 0 aliphatic carbocycles. The summed E-state index contributed by atoms with van der Waals surface area (Å²) in [5.74, 6) is -1.77. The Kier molecular flexibility index (Phi) is 5.83. The third kappa shape index (κ3) is 5.07. The van der Waals surface area contributed by atoms with Crippen LogP contribution >= 0.6 is 12.2 Å². The highest BCUT2D eigenvalue weighted by molar-refractivity contribution is 7.80. The van der Waals surface area contributed by atoms with Gasteiger partial charge >= 0.3 is 0 Å². The van der Waals surface area contributed by atoms with Gasteiger partial charge in [-0.1, -0.05) is 30.3 Å².